The topological polar surface area (TPSA) is 113 Å². The Balaban J connectivity index is 1.70. The standard InChI is InChI=1S/C25H15BrCl2N4O4/c26-18-10-16(28)8-14(23(18)35-12-22(29)33)11-30-32-24(31-19-4-2-1-3-17(19)25(32)34)21-9-13-7-15(27)5-6-20(13)36-21/h1-11H,12H2,(H2,29,33). The molecule has 5 rings (SSSR count). The molecule has 0 radical (unpaired) electrons. The van der Waals surface area contributed by atoms with Crippen LogP contribution in [0.25, 0.3) is 33.5 Å². The number of para-hydroxylation sites is 1. The molecule has 0 saturated carbocycles. The van der Waals surface area contributed by atoms with Crippen LogP contribution >= 0.6 is 39.1 Å². The molecule has 0 spiro atoms. The second-order valence-corrected chi connectivity index (χ2v) is 9.40. The van der Waals surface area contributed by atoms with E-state index in [1.807, 2.05) is 0 Å². The minimum Gasteiger partial charge on any atom is -0.482 e. The van der Waals surface area contributed by atoms with Crippen molar-refractivity contribution in [1.29, 1.82) is 0 Å². The van der Waals surface area contributed by atoms with Gasteiger partial charge >= 0.3 is 0 Å². The third-order valence-electron chi connectivity index (χ3n) is 5.16. The number of furan rings is 1. The van der Waals surface area contributed by atoms with Crippen molar-refractivity contribution in [2.24, 2.45) is 10.8 Å². The van der Waals surface area contributed by atoms with E-state index in [1.54, 1.807) is 60.7 Å². The summed E-state index contributed by atoms with van der Waals surface area (Å²) in [6.45, 7) is -0.356. The van der Waals surface area contributed by atoms with Crippen LogP contribution < -0.4 is 16.0 Å². The lowest BCUT2D eigenvalue weighted by Gasteiger charge is -2.11. The highest BCUT2D eigenvalue weighted by atomic mass is 79.9. The maximum absolute atomic E-state index is 13.5. The van der Waals surface area contributed by atoms with Gasteiger partial charge < -0.3 is 14.9 Å². The van der Waals surface area contributed by atoms with E-state index in [1.165, 1.54) is 6.21 Å². The zero-order chi connectivity index (χ0) is 25.4. The first-order valence-corrected chi connectivity index (χ1v) is 12.0. The number of hydrogen-bond acceptors (Lipinski definition) is 6. The van der Waals surface area contributed by atoms with Crippen LogP contribution in [0.4, 0.5) is 0 Å². The largest absolute Gasteiger partial charge is 0.482 e. The number of ether oxygens (including phenoxy) is 1. The lowest BCUT2D eigenvalue weighted by Crippen LogP contribution is -2.21. The average Bonchev–Trinajstić information content (AvgIpc) is 3.25. The fourth-order valence-electron chi connectivity index (χ4n) is 3.61. The molecule has 0 aliphatic carbocycles. The van der Waals surface area contributed by atoms with Crippen molar-refractivity contribution in [3.8, 4) is 17.3 Å². The predicted octanol–water partition coefficient (Wildman–Crippen LogP) is 5.63. The summed E-state index contributed by atoms with van der Waals surface area (Å²) < 4.78 is 13.1. The average molecular weight is 586 g/mol. The number of halogens is 3. The Morgan fingerprint density at radius 1 is 1.14 bits per heavy atom. The zero-order valence-electron chi connectivity index (χ0n) is 18.2. The van der Waals surface area contributed by atoms with Gasteiger partial charge in [0.25, 0.3) is 11.5 Å². The molecule has 0 unspecified atom stereocenters. The van der Waals surface area contributed by atoms with Crippen molar-refractivity contribution in [3.63, 3.8) is 0 Å². The molecule has 0 bridgehead atoms. The van der Waals surface area contributed by atoms with Crippen molar-refractivity contribution in [2.75, 3.05) is 6.61 Å². The molecule has 3 aromatic carbocycles. The van der Waals surface area contributed by atoms with Crippen LogP contribution in [-0.4, -0.2) is 28.4 Å². The molecule has 36 heavy (non-hydrogen) atoms. The van der Waals surface area contributed by atoms with E-state index in [9.17, 15) is 9.59 Å². The lowest BCUT2D eigenvalue weighted by atomic mass is 10.2. The third kappa shape index (κ3) is 4.73. The molecule has 1 amide bonds. The lowest BCUT2D eigenvalue weighted by molar-refractivity contribution is -0.119. The summed E-state index contributed by atoms with van der Waals surface area (Å²) in [5, 5.41) is 6.46. The first kappa shape index (κ1) is 24.1. The number of aromatic nitrogens is 2. The summed E-state index contributed by atoms with van der Waals surface area (Å²) in [6, 6.07) is 17.0. The molecule has 0 saturated heterocycles. The van der Waals surface area contributed by atoms with Gasteiger partial charge in [0.15, 0.2) is 12.4 Å². The quantitative estimate of drug-likeness (QED) is 0.260. The molecular weight excluding hydrogens is 571 g/mol. The van der Waals surface area contributed by atoms with E-state index < -0.39 is 11.5 Å². The Bertz CT molecular complexity index is 1750. The van der Waals surface area contributed by atoms with Gasteiger partial charge in [0.05, 0.1) is 21.6 Å². The Labute approximate surface area is 222 Å². The molecule has 5 aromatic rings. The van der Waals surface area contributed by atoms with Crippen molar-refractivity contribution in [2.45, 2.75) is 0 Å². The number of benzene rings is 3. The van der Waals surface area contributed by atoms with E-state index in [4.69, 9.17) is 38.1 Å². The van der Waals surface area contributed by atoms with Crippen LogP contribution in [0.2, 0.25) is 10.0 Å². The number of nitrogens with two attached hydrogens (primary N) is 1. The second-order valence-electron chi connectivity index (χ2n) is 7.67. The smallest absolute Gasteiger partial charge is 0.282 e. The van der Waals surface area contributed by atoms with Gasteiger partial charge in [0.2, 0.25) is 5.82 Å². The molecule has 0 fully saturated rings. The Kier molecular flexibility index (Phi) is 6.53. The SMILES string of the molecule is NC(=O)COc1c(Br)cc(Cl)cc1C=Nn1c(-c2cc3cc(Cl)ccc3o2)nc2ccccc2c1=O. The zero-order valence-corrected chi connectivity index (χ0v) is 21.3. The van der Waals surface area contributed by atoms with E-state index in [2.05, 4.69) is 26.0 Å². The van der Waals surface area contributed by atoms with Crippen molar-refractivity contribution in [1.82, 2.24) is 9.66 Å². The van der Waals surface area contributed by atoms with E-state index in [-0.39, 0.29) is 18.2 Å². The first-order valence-electron chi connectivity index (χ1n) is 10.5. The van der Waals surface area contributed by atoms with Crippen LogP contribution in [-0.2, 0) is 4.79 Å². The molecular formula is C25H15BrCl2N4O4. The normalized spacial score (nSPS) is 11.5. The van der Waals surface area contributed by atoms with E-state index in [0.717, 1.165) is 10.1 Å². The molecule has 8 nitrogen and oxygen atoms in total. The van der Waals surface area contributed by atoms with E-state index >= 15 is 0 Å². The van der Waals surface area contributed by atoms with Crippen LogP contribution in [0, 0.1) is 0 Å². The molecule has 2 heterocycles. The Morgan fingerprint density at radius 2 is 1.94 bits per heavy atom. The molecule has 0 atom stereocenters. The summed E-state index contributed by atoms with van der Waals surface area (Å²) in [6.07, 6.45) is 1.38. The van der Waals surface area contributed by atoms with Gasteiger partial charge in [-0.1, -0.05) is 35.3 Å². The number of hydrogen-bond donors (Lipinski definition) is 1. The maximum Gasteiger partial charge on any atom is 0.282 e. The van der Waals surface area contributed by atoms with Crippen LogP contribution in [0.3, 0.4) is 0 Å². The number of carbonyl (C=O) groups excluding carboxylic acids is 1. The Hall–Kier alpha value is -3.66. The summed E-state index contributed by atoms with van der Waals surface area (Å²) in [5.41, 5.74) is 6.27. The van der Waals surface area contributed by atoms with E-state index in [0.29, 0.717) is 42.3 Å². The number of carbonyl (C=O) groups is 1. The van der Waals surface area contributed by atoms with Gasteiger partial charge in [-0.25, -0.2) is 4.98 Å². The summed E-state index contributed by atoms with van der Waals surface area (Å²) in [7, 11) is 0. The molecule has 0 aliphatic rings. The summed E-state index contributed by atoms with van der Waals surface area (Å²) in [4.78, 5) is 29.4. The van der Waals surface area contributed by atoms with Crippen molar-refractivity contribution in [3.05, 3.63) is 91.1 Å². The molecule has 2 N–H and O–H groups in total. The minimum absolute atomic E-state index is 0.183. The number of rotatable bonds is 6. The monoisotopic (exact) mass is 584 g/mol. The number of nitrogens with zero attached hydrogens (tertiary/aromatic N) is 3. The minimum atomic E-state index is -0.651. The first-order chi connectivity index (χ1) is 17.3. The maximum atomic E-state index is 13.5. The van der Waals surface area contributed by atoms with Gasteiger partial charge in [-0.3, -0.25) is 9.59 Å². The number of amides is 1. The highest BCUT2D eigenvalue weighted by Crippen LogP contribution is 2.32. The van der Waals surface area contributed by atoms with Crippen molar-refractivity contribution < 1.29 is 13.9 Å². The van der Waals surface area contributed by atoms with Crippen LogP contribution in [0.15, 0.2) is 79.4 Å². The predicted molar refractivity (Wildman–Crippen MR) is 143 cm³/mol. The fourth-order valence-corrected chi connectivity index (χ4v) is 4.74. The van der Waals surface area contributed by atoms with Gasteiger partial charge in [-0.05, 0) is 64.5 Å². The van der Waals surface area contributed by atoms with Gasteiger partial charge in [0, 0.05) is 21.0 Å². The summed E-state index contributed by atoms with van der Waals surface area (Å²) >= 11 is 15.7. The molecule has 0 aliphatic heterocycles. The van der Waals surface area contributed by atoms with Crippen LogP contribution in [0.1, 0.15) is 5.56 Å². The second kappa shape index (κ2) is 9.77. The molecule has 11 heteroatoms. The number of fused-ring (bicyclic) bond motifs is 2. The fraction of sp³-hybridized carbons (Fsp3) is 0.0400. The summed E-state index contributed by atoms with van der Waals surface area (Å²) in [5.74, 6) is 0.137. The molecule has 2 aromatic heterocycles. The Morgan fingerprint density at radius 3 is 2.75 bits per heavy atom. The van der Waals surface area contributed by atoms with Crippen molar-refractivity contribution >= 4 is 73.1 Å². The molecule has 180 valence electrons. The third-order valence-corrected chi connectivity index (χ3v) is 6.20. The highest BCUT2D eigenvalue weighted by molar-refractivity contribution is 9.10. The number of primary amides is 1. The highest BCUT2D eigenvalue weighted by Gasteiger charge is 2.17. The van der Waals surface area contributed by atoms with Gasteiger partial charge in [-0.2, -0.15) is 9.78 Å². The van der Waals surface area contributed by atoms with Crippen LogP contribution in [0.5, 0.6) is 5.75 Å². The van der Waals surface area contributed by atoms with Gasteiger partial charge in [0.1, 0.15) is 11.3 Å². The van der Waals surface area contributed by atoms with Gasteiger partial charge in [-0.15, -0.1) is 0 Å².